The summed E-state index contributed by atoms with van der Waals surface area (Å²) in [7, 11) is 0. The molecule has 1 aliphatic rings. The molecule has 0 spiro atoms. The van der Waals surface area contributed by atoms with Crippen molar-refractivity contribution in [2.75, 3.05) is 5.73 Å². The molecule has 0 unspecified atom stereocenters. The van der Waals surface area contributed by atoms with Crippen LogP contribution in [-0.4, -0.2) is 4.98 Å². The Bertz CT molecular complexity index is 605. The van der Waals surface area contributed by atoms with Gasteiger partial charge in [0.15, 0.2) is 0 Å². The maximum atomic E-state index is 6.28. The predicted octanol–water partition coefficient (Wildman–Crippen LogP) is 5.47. The Morgan fingerprint density at radius 2 is 2.05 bits per heavy atom. The van der Waals surface area contributed by atoms with Gasteiger partial charge in [0.1, 0.15) is 10.7 Å². The summed E-state index contributed by atoms with van der Waals surface area (Å²) in [6.07, 6.45) is 5.08. The van der Waals surface area contributed by atoms with Gasteiger partial charge in [-0.15, -0.1) is 11.3 Å². The minimum atomic E-state index is 0.593. The number of aromatic nitrogens is 1. The van der Waals surface area contributed by atoms with Crippen LogP contribution in [0.15, 0.2) is 22.7 Å². The lowest BCUT2D eigenvalue weighted by molar-refractivity contribution is 0.717. The second kappa shape index (κ2) is 5.43. The molecule has 1 heterocycles. The third-order valence-electron chi connectivity index (χ3n) is 3.56. The van der Waals surface area contributed by atoms with Crippen LogP contribution in [0.1, 0.15) is 36.6 Å². The van der Waals surface area contributed by atoms with Gasteiger partial charge in [0, 0.05) is 16.0 Å². The van der Waals surface area contributed by atoms with E-state index in [1.807, 2.05) is 18.2 Å². The lowest BCUT2D eigenvalue weighted by Gasteiger charge is -2.04. The normalized spacial score (nSPS) is 16.1. The second-order valence-corrected chi connectivity index (χ2v) is 7.26. The van der Waals surface area contributed by atoms with Crippen molar-refractivity contribution >= 4 is 43.9 Å². The van der Waals surface area contributed by atoms with Crippen LogP contribution in [0.3, 0.4) is 0 Å². The van der Waals surface area contributed by atoms with Crippen molar-refractivity contribution < 1.29 is 0 Å². The van der Waals surface area contributed by atoms with Crippen molar-refractivity contribution in [3.63, 3.8) is 0 Å². The van der Waals surface area contributed by atoms with Gasteiger partial charge in [-0.3, -0.25) is 0 Å². The van der Waals surface area contributed by atoms with Crippen LogP contribution in [0.5, 0.6) is 0 Å². The van der Waals surface area contributed by atoms with E-state index in [9.17, 15) is 0 Å². The Balaban J connectivity index is 2.00. The molecule has 0 radical (unpaired) electrons. The fourth-order valence-electron chi connectivity index (χ4n) is 2.57. The average molecular weight is 358 g/mol. The number of hydrogen-bond donors (Lipinski definition) is 1. The van der Waals surface area contributed by atoms with Crippen LogP contribution in [0.4, 0.5) is 5.00 Å². The highest BCUT2D eigenvalue weighted by atomic mass is 79.9. The minimum absolute atomic E-state index is 0.593. The molecular formula is C14H14BrClN2S. The summed E-state index contributed by atoms with van der Waals surface area (Å²) in [5.41, 5.74) is 7.89. The first kappa shape index (κ1) is 13.4. The first-order valence-corrected chi connectivity index (χ1v) is 8.35. The van der Waals surface area contributed by atoms with E-state index in [2.05, 4.69) is 15.9 Å². The fraction of sp³-hybridized carbons (Fsp3) is 0.357. The molecule has 19 heavy (non-hydrogen) atoms. The van der Waals surface area contributed by atoms with Crippen LogP contribution in [0.2, 0.25) is 5.02 Å². The molecule has 0 atom stereocenters. The van der Waals surface area contributed by atoms with Crippen molar-refractivity contribution in [3.05, 3.63) is 32.7 Å². The summed E-state index contributed by atoms with van der Waals surface area (Å²) in [5, 5.41) is 2.62. The molecule has 3 rings (SSSR count). The van der Waals surface area contributed by atoms with Crippen molar-refractivity contribution in [1.82, 2.24) is 4.98 Å². The van der Waals surface area contributed by atoms with E-state index in [0.29, 0.717) is 10.9 Å². The third-order valence-corrected chi connectivity index (χ3v) is 5.41. The van der Waals surface area contributed by atoms with Crippen LogP contribution in [-0.2, 0) is 0 Å². The van der Waals surface area contributed by atoms with E-state index in [0.717, 1.165) is 20.7 Å². The highest BCUT2D eigenvalue weighted by Crippen LogP contribution is 2.42. The van der Waals surface area contributed by atoms with E-state index in [1.165, 1.54) is 30.7 Å². The molecule has 1 fully saturated rings. The van der Waals surface area contributed by atoms with Gasteiger partial charge in [-0.05, 0) is 25.0 Å². The fourth-order valence-corrected chi connectivity index (χ4v) is 4.35. The van der Waals surface area contributed by atoms with E-state index in [1.54, 1.807) is 11.3 Å². The molecule has 2 aromatic rings. The Morgan fingerprint density at radius 1 is 1.32 bits per heavy atom. The molecule has 1 aromatic carbocycles. The van der Waals surface area contributed by atoms with Gasteiger partial charge in [-0.25, -0.2) is 4.98 Å². The van der Waals surface area contributed by atoms with E-state index in [4.69, 9.17) is 22.3 Å². The lowest BCUT2D eigenvalue weighted by Crippen LogP contribution is -1.91. The molecule has 2 nitrogen and oxygen atoms in total. The Labute approximate surface area is 130 Å². The van der Waals surface area contributed by atoms with Crippen LogP contribution in [0.25, 0.3) is 11.3 Å². The summed E-state index contributed by atoms with van der Waals surface area (Å²) in [6.45, 7) is 0. The standard InChI is InChI=1S/C14H14BrClN2S/c15-9-5-6-10(11(16)7-9)12-13(17)19-14(18-12)8-3-1-2-4-8/h5-8H,1-4,17H2. The average Bonchev–Trinajstić information content (AvgIpc) is 2.98. The Morgan fingerprint density at radius 3 is 2.74 bits per heavy atom. The lowest BCUT2D eigenvalue weighted by atomic mass is 10.1. The number of halogens is 2. The zero-order valence-electron chi connectivity index (χ0n) is 10.3. The largest absolute Gasteiger partial charge is 0.389 e. The summed E-state index contributed by atoms with van der Waals surface area (Å²) in [4.78, 5) is 4.75. The monoisotopic (exact) mass is 356 g/mol. The molecule has 0 amide bonds. The predicted molar refractivity (Wildman–Crippen MR) is 85.9 cm³/mol. The first-order valence-electron chi connectivity index (χ1n) is 6.37. The highest BCUT2D eigenvalue weighted by Gasteiger charge is 2.23. The highest BCUT2D eigenvalue weighted by molar-refractivity contribution is 9.10. The SMILES string of the molecule is Nc1sc(C2CCCC2)nc1-c1ccc(Br)cc1Cl. The number of hydrogen-bond acceptors (Lipinski definition) is 3. The molecule has 1 saturated carbocycles. The quantitative estimate of drug-likeness (QED) is 0.774. The second-order valence-electron chi connectivity index (χ2n) is 4.87. The van der Waals surface area contributed by atoms with Gasteiger partial charge < -0.3 is 5.73 Å². The maximum Gasteiger partial charge on any atom is 0.114 e. The van der Waals surface area contributed by atoms with Crippen LogP contribution >= 0.6 is 38.9 Å². The molecule has 0 aliphatic heterocycles. The number of benzene rings is 1. The first-order chi connectivity index (χ1) is 9.15. The van der Waals surface area contributed by atoms with E-state index < -0.39 is 0 Å². The van der Waals surface area contributed by atoms with Gasteiger partial charge in [-0.2, -0.15) is 0 Å². The third kappa shape index (κ3) is 2.67. The number of anilines is 1. The van der Waals surface area contributed by atoms with Crippen molar-refractivity contribution in [3.8, 4) is 11.3 Å². The van der Waals surface area contributed by atoms with Crippen molar-refractivity contribution in [1.29, 1.82) is 0 Å². The number of nitrogens with two attached hydrogens (primary N) is 1. The smallest absolute Gasteiger partial charge is 0.114 e. The Kier molecular flexibility index (Phi) is 3.83. The number of nitrogen functional groups attached to an aromatic ring is 1. The Hall–Kier alpha value is -0.580. The molecule has 100 valence electrons. The zero-order valence-corrected chi connectivity index (χ0v) is 13.5. The van der Waals surface area contributed by atoms with Crippen LogP contribution in [0, 0.1) is 0 Å². The van der Waals surface area contributed by atoms with Crippen molar-refractivity contribution in [2.45, 2.75) is 31.6 Å². The minimum Gasteiger partial charge on any atom is -0.389 e. The van der Waals surface area contributed by atoms with Gasteiger partial charge in [0.05, 0.1) is 10.0 Å². The van der Waals surface area contributed by atoms with Crippen molar-refractivity contribution in [2.24, 2.45) is 0 Å². The van der Waals surface area contributed by atoms with Gasteiger partial charge in [0.25, 0.3) is 0 Å². The molecule has 5 heteroatoms. The number of nitrogens with zero attached hydrogens (tertiary/aromatic N) is 1. The summed E-state index contributed by atoms with van der Waals surface area (Å²) < 4.78 is 0.964. The molecule has 1 aliphatic carbocycles. The van der Waals surface area contributed by atoms with Crippen LogP contribution < -0.4 is 5.73 Å². The molecular weight excluding hydrogens is 344 g/mol. The molecule has 1 aromatic heterocycles. The molecule has 2 N–H and O–H groups in total. The summed E-state index contributed by atoms with van der Waals surface area (Å²) in [5.74, 6) is 0.593. The molecule has 0 bridgehead atoms. The topological polar surface area (TPSA) is 38.9 Å². The molecule has 0 saturated heterocycles. The van der Waals surface area contributed by atoms with E-state index >= 15 is 0 Å². The van der Waals surface area contributed by atoms with Gasteiger partial charge in [-0.1, -0.05) is 46.4 Å². The summed E-state index contributed by atoms with van der Waals surface area (Å²) in [6, 6.07) is 5.82. The maximum absolute atomic E-state index is 6.28. The number of rotatable bonds is 2. The van der Waals surface area contributed by atoms with Gasteiger partial charge in [0.2, 0.25) is 0 Å². The van der Waals surface area contributed by atoms with Gasteiger partial charge >= 0.3 is 0 Å². The number of thiazole rings is 1. The van der Waals surface area contributed by atoms with E-state index in [-0.39, 0.29) is 0 Å². The zero-order chi connectivity index (χ0) is 13.4. The summed E-state index contributed by atoms with van der Waals surface area (Å²) >= 11 is 11.3.